The average molecular weight is 578 g/mol. The number of nitrogens with one attached hydrogen (secondary N) is 1. The summed E-state index contributed by atoms with van der Waals surface area (Å²) in [6.07, 6.45) is 1.89. The summed E-state index contributed by atoms with van der Waals surface area (Å²) in [5.74, 6) is 1.36. The minimum atomic E-state index is -0.328. The molecule has 0 saturated heterocycles. The first-order chi connectivity index (χ1) is 19.5. The van der Waals surface area contributed by atoms with Crippen molar-refractivity contribution in [2.45, 2.75) is 24.5 Å². The van der Waals surface area contributed by atoms with Gasteiger partial charge in [0.1, 0.15) is 11.5 Å². The topological polar surface area (TPSA) is 98.6 Å². The van der Waals surface area contributed by atoms with Gasteiger partial charge in [0.05, 0.1) is 32.2 Å². The summed E-state index contributed by atoms with van der Waals surface area (Å²) in [5, 5.41) is 12.7. The van der Waals surface area contributed by atoms with Gasteiger partial charge in [0, 0.05) is 28.9 Å². The van der Waals surface area contributed by atoms with Crippen molar-refractivity contribution >= 4 is 40.9 Å². The molecule has 0 bridgehead atoms. The predicted octanol–water partition coefficient (Wildman–Crippen LogP) is 4.94. The highest BCUT2D eigenvalue weighted by atomic mass is 35.5. The summed E-state index contributed by atoms with van der Waals surface area (Å²) in [5.41, 5.74) is 3.25. The normalized spacial score (nSPS) is 12.5. The molecule has 1 aromatic heterocycles. The number of halogens is 1. The van der Waals surface area contributed by atoms with E-state index < -0.39 is 0 Å². The van der Waals surface area contributed by atoms with Crippen molar-refractivity contribution in [3.63, 3.8) is 0 Å². The number of amides is 2. The van der Waals surface area contributed by atoms with Crippen molar-refractivity contribution < 1.29 is 19.1 Å². The highest BCUT2D eigenvalue weighted by Crippen LogP contribution is 2.29. The molecule has 0 unspecified atom stereocenters. The van der Waals surface area contributed by atoms with Crippen LogP contribution in [0.4, 0.5) is 5.69 Å². The number of para-hydroxylation sites is 1. The van der Waals surface area contributed by atoms with Gasteiger partial charge in [-0.2, -0.15) is 0 Å². The van der Waals surface area contributed by atoms with Gasteiger partial charge in [0.15, 0.2) is 11.0 Å². The van der Waals surface area contributed by atoms with E-state index in [9.17, 15) is 9.59 Å². The molecule has 2 amide bonds. The molecule has 0 saturated carbocycles. The average Bonchev–Trinajstić information content (AvgIpc) is 3.40. The van der Waals surface area contributed by atoms with E-state index in [0.29, 0.717) is 39.6 Å². The highest BCUT2D eigenvalue weighted by molar-refractivity contribution is 7.99. The van der Waals surface area contributed by atoms with E-state index in [-0.39, 0.29) is 24.1 Å². The molecule has 0 atom stereocenters. The number of aryl methyl sites for hydroxylation is 1. The Labute approximate surface area is 241 Å². The maximum atomic E-state index is 13.3. The zero-order chi connectivity index (χ0) is 28.1. The monoisotopic (exact) mass is 577 g/mol. The third-order valence-electron chi connectivity index (χ3n) is 6.52. The van der Waals surface area contributed by atoms with E-state index in [2.05, 4.69) is 21.6 Å². The number of benzene rings is 3. The third kappa shape index (κ3) is 6.08. The number of nitrogens with zero attached hydrogens (tertiary/aromatic N) is 4. The summed E-state index contributed by atoms with van der Waals surface area (Å²) >= 11 is 7.59. The summed E-state index contributed by atoms with van der Waals surface area (Å²) in [4.78, 5) is 28.1. The summed E-state index contributed by atoms with van der Waals surface area (Å²) in [7, 11) is 3.05. The van der Waals surface area contributed by atoms with Crippen LogP contribution in [-0.4, -0.2) is 53.1 Å². The van der Waals surface area contributed by atoms with Gasteiger partial charge in [-0.3, -0.25) is 14.2 Å². The first-order valence-electron chi connectivity index (χ1n) is 12.7. The van der Waals surface area contributed by atoms with Crippen molar-refractivity contribution in [1.82, 2.24) is 20.1 Å². The molecule has 0 radical (unpaired) electrons. The minimum absolute atomic E-state index is 0.000353. The quantitative estimate of drug-likeness (QED) is 0.281. The Kier molecular flexibility index (Phi) is 8.57. The number of carbonyl (C=O) groups is 2. The molecule has 0 spiro atoms. The van der Waals surface area contributed by atoms with Crippen molar-refractivity contribution in [3.8, 4) is 17.2 Å². The van der Waals surface area contributed by atoms with Gasteiger partial charge >= 0.3 is 0 Å². The van der Waals surface area contributed by atoms with E-state index in [1.54, 1.807) is 34.9 Å². The Balaban J connectivity index is 1.36. The molecule has 1 aliphatic heterocycles. The molecular weight excluding hydrogens is 550 g/mol. The van der Waals surface area contributed by atoms with Crippen molar-refractivity contribution in [3.05, 3.63) is 88.7 Å². The van der Waals surface area contributed by atoms with Crippen LogP contribution in [0.5, 0.6) is 11.5 Å². The standard InChI is InChI=1S/C29H28ClN5O4S/c1-38-23-13-20(14-24(16-23)39-2)28(37)31-17-26-32-33-29(35(26)22-10-5-9-21(30)15-22)40-18-27(36)34-12-6-8-19-7-3-4-11-25(19)34/h3-5,7,9-11,13-16H,6,8,12,17-18H2,1-2H3,(H,31,37). The Morgan fingerprint density at radius 2 is 1.77 bits per heavy atom. The first-order valence-corrected chi connectivity index (χ1v) is 14.1. The van der Waals surface area contributed by atoms with Crippen LogP contribution in [0.3, 0.4) is 0 Å². The largest absolute Gasteiger partial charge is 0.497 e. The molecule has 1 aliphatic rings. The zero-order valence-corrected chi connectivity index (χ0v) is 23.7. The van der Waals surface area contributed by atoms with Gasteiger partial charge < -0.3 is 19.7 Å². The number of carbonyl (C=O) groups excluding carboxylic acids is 2. The van der Waals surface area contributed by atoms with E-state index in [1.807, 2.05) is 35.2 Å². The van der Waals surface area contributed by atoms with Crippen LogP contribution >= 0.6 is 23.4 Å². The lowest BCUT2D eigenvalue weighted by Gasteiger charge is -2.29. The Morgan fingerprint density at radius 1 is 1.00 bits per heavy atom. The molecule has 11 heteroatoms. The Hall–Kier alpha value is -4.02. The van der Waals surface area contributed by atoms with E-state index >= 15 is 0 Å². The van der Waals surface area contributed by atoms with E-state index in [0.717, 1.165) is 24.2 Å². The number of hydrogen-bond acceptors (Lipinski definition) is 7. The lowest BCUT2D eigenvalue weighted by atomic mass is 10.0. The van der Waals surface area contributed by atoms with Gasteiger partial charge in [-0.1, -0.05) is 47.6 Å². The molecule has 2 heterocycles. The van der Waals surface area contributed by atoms with Crippen LogP contribution in [0, 0.1) is 0 Å². The number of ether oxygens (including phenoxy) is 2. The molecule has 0 fully saturated rings. The number of anilines is 1. The van der Waals surface area contributed by atoms with Crippen molar-refractivity contribution in [2.75, 3.05) is 31.4 Å². The van der Waals surface area contributed by atoms with Crippen LogP contribution in [0.15, 0.2) is 71.9 Å². The maximum Gasteiger partial charge on any atom is 0.251 e. The molecule has 9 nitrogen and oxygen atoms in total. The summed E-state index contributed by atoms with van der Waals surface area (Å²) < 4.78 is 12.4. The van der Waals surface area contributed by atoms with Gasteiger partial charge in [-0.25, -0.2) is 0 Å². The first kappa shape index (κ1) is 27.5. The van der Waals surface area contributed by atoms with E-state index in [4.69, 9.17) is 21.1 Å². The number of thioether (sulfide) groups is 1. The van der Waals surface area contributed by atoms with Crippen molar-refractivity contribution in [1.29, 1.82) is 0 Å². The lowest BCUT2D eigenvalue weighted by molar-refractivity contribution is -0.116. The Morgan fingerprint density at radius 3 is 2.52 bits per heavy atom. The molecule has 5 rings (SSSR count). The van der Waals surface area contributed by atoms with Crippen LogP contribution in [0.1, 0.15) is 28.2 Å². The lowest BCUT2D eigenvalue weighted by Crippen LogP contribution is -2.36. The fourth-order valence-electron chi connectivity index (χ4n) is 4.58. The maximum absolute atomic E-state index is 13.3. The molecule has 1 N–H and O–H groups in total. The van der Waals surface area contributed by atoms with Gasteiger partial charge in [-0.05, 0) is 54.8 Å². The van der Waals surface area contributed by atoms with Gasteiger partial charge in [0.25, 0.3) is 5.91 Å². The number of aromatic nitrogens is 3. The molecule has 40 heavy (non-hydrogen) atoms. The summed E-state index contributed by atoms with van der Waals surface area (Å²) in [6, 6.07) is 20.2. The predicted molar refractivity (Wildman–Crippen MR) is 155 cm³/mol. The van der Waals surface area contributed by atoms with Crippen LogP contribution in [0.2, 0.25) is 5.02 Å². The third-order valence-corrected chi connectivity index (χ3v) is 7.67. The summed E-state index contributed by atoms with van der Waals surface area (Å²) in [6.45, 7) is 0.773. The smallest absolute Gasteiger partial charge is 0.251 e. The SMILES string of the molecule is COc1cc(OC)cc(C(=O)NCc2nnc(SCC(=O)N3CCCc4ccccc43)n2-c2cccc(Cl)c2)c1. The fraction of sp³-hybridized carbons (Fsp3) is 0.241. The second kappa shape index (κ2) is 12.4. The van der Waals surface area contributed by atoms with Crippen molar-refractivity contribution in [2.24, 2.45) is 0 Å². The second-order valence-electron chi connectivity index (χ2n) is 9.06. The number of fused-ring (bicyclic) bond motifs is 1. The van der Waals surface area contributed by atoms with Gasteiger partial charge in [0.2, 0.25) is 5.91 Å². The molecule has 0 aliphatic carbocycles. The van der Waals surface area contributed by atoms with E-state index in [1.165, 1.54) is 31.5 Å². The minimum Gasteiger partial charge on any atom is -0.497 e. The fourth-order valence-corrected chi connectivity index (χ4v) is 5.61. The van der Waals surface area contributed by atoms with Crippen LogP contribution < -0.4 is 19.7 Å². The second-order valence-corrected chi connectivity index (χ2v) is 10.4. The van der Waals surface area contributed by atoms with Crippen LogP contribution in [-0.2, 0) is 17.8 Å². The number of rotatable bonds is 9. The molecule has 3 aromatic carbocycles. The Bertz CT molecular complexity index is 1520. The molecule has 4 aromatic rings. The highest BCUT2D eigenvalue weighted by Gasteiger charge is 2.24. The number of methoxy groups -OCH3 is 2. The zero-order valence-electron chi connectivity index (χ0n) is 22.1. The molecule has 206 valence electrons. The number of hydrogen-bond donors (Lipinski definition) is 1. The van der Waals surface area contributed by atoms with Crippen LogP contribution in [0.25, 0.3) is 5.69 Å². The van der Waals surface area contributed by atoms with Gasteiger partial charge in [-0.15, -0.1) is 10.2 Å². The molecular formula is C29H28ClN5O4S.